The summed E-state index contributed by atoms with van der Waals surface area (Å²) in [6.45, 7) is 11.1. The van der Waals surface area contributed by atoms with Crippen LogP contribution in [0.2, 0.25) is 0 Å². The third kappa shape index (κ3) is 6.39. The Morgan fingerprint density at radius 2 is 1.86 bits per heavy atom. The van der Waals surface area contributed by atoms with Gasteiger partial charge in [-0.15, -0.1) is 24.0 Å². The summed E-state index contributed by atoms with van der Waals surface area (Å²) in [5.74, 6) is 1.70. The van der Waals surface area contributed by atoms with Crippen molar-refractivity contribution in [1.29, 1.82) is 0 Å². The van der Waals surface area contributed by atoms with Crippen molar-refractivity contribution in [3.63, 3.8) is 0 Å². The highest BCUT2D eigenvalue weighted by atomic mass is 127. The van der Waals surface area contributed by atoms with Crippen molar-refractivity contribution in [3.05, 3.63) is 46.8 Å². The molecule has 0 saturated heterocycles. The van der Waals surface area contributed by atoms with Crippen molar-refractivity contribution >= 4 is 29.9 Å². The Labute approximate surface area is 186 Å². The van der Waals surface area contributed by atoms with Gasteiger partial charge in [0.1, 0.15) is 5.75 Å². The largest absolute Gasteiger partial charge is 0.494 e. The smallest absolute Gasteiger partial charge is 0.191 e. The second-order valence-corrected chi connectivity index (χ2v) is 6.29. The Kier molecular flexibility index (Phi) is 11.0. The van der Waals surface area contributed by atoms with E-state index in [4.69, 9.17) is 9.73 Å². The Hall–Kier alpha value is -1.77. The molecule has 156 valence electrons. The minimum atomic E-state index is 0. The lowest BCUT2D eigenvalue weighted by Crippen LogP contribution is -2.37. The zero-order valence-corrected chi connectivity index (χ0v) is 20.0. The lowest BCUT2D eigenvalue weighted by Gasteiger charge is -2.13. The first-order valence-electron chi connectivity index (χ1n) is 9.90. The molecule has 0 aliphatic heterocycles. The number of nitrogens with zero attached hydrogens (tertiary/aromatic N) is 3. The lowest BCUT2D eigenvalue weighted by atomic mass is 10.1. The minimum absolute atomic E-state index is 0. The summed E-state index contributed by atoms with van der Waals surface area (Å²) >= 11 is 0. The van der Waals surface area contributed by atoms with Gasteiger partial charge >= 0.3 is 0 Å². The number of aliphatic imine (C=N–C) groups is 1. The number of aryl methyl sites for hydroxylation is 2. The summed E-state index contributed by atoms with van der Waals surface area (Å²) in [6.07, 6.45) is 1.90. The molecular weight excluding hydrogens is 465 g/mol. The van der Waals surface area contributed by atoms with Gasteiger partial charge in [-0.3, -0.25) is 4.68 Å². The van der Waals surface area contributed by atoms with Gasteiger partial charge in [0.15, 0.2) is 5.96 Å². The van der Waals surface area contributed by atoms with Crippen LogP contribution < -0.4 is 15.4 Å². The number of halogens is 1. The lowest BCUT2D eigenvalue weighted by molar-refractivity contribution is 0.336. The molecule has 1 aromatic carbocycles. The van der Waals surface area contributed by atoms with Crippen LogP contribution in [0.4, 0.5) is 0 Å². The first-order valence-corrected chi connectivity index (χ1v) is 9.90. The van der Waals surface area contributed by atoms with Gasteiger partial charge in [-0.1, -0.05) is 32.0 Å². The Balaban J connectivity index is 0.00000392. The van der Waals surface area contributed by atoms with E-state index in [-0.39, 0.29) is 24.0 Å². The zero-order valence-electron chi connectivity index (χ0n) is 17.7. The van der Waals surface area contributed by atoms with Crippen LogP contribution in [0.1, 0.15) is 50.2 Å². The van der Waals surface area contributed by atoms with E-state index in [0.29, 0.717) is 13.2 Å². The molecule has 0 saturated carbocycles. The maximum absolute atomic E-state index is 5.70. The normalized spacial score (nSPS) is 11.1. The summed E-state index contributed by atoms with van der Waals surface area (Å²) < 4.78 is 7.70. The van der Waals surface area contributed by atoms with Gasteiger partial charge in [-0.2, -0.15) is 5.10 Å². The van der Waals surface area contributed by atoms with Crippen LogP contribution in [-0.4, -0.2) is 28.9 Å². The van der Waals surface area contributed by atoms with Crippen LogP contribution >= 0.6 is 24.0 Å². The monoisotopic (exact) mass is 499 g/mol. The van der Waals surface area contributed by atoms with Gasteiger partial charge in [0.05, 0.1) is 18.8 Å². The SMILES string of the molecule is CCNC(=NCc1ccccc1OCC)NCc1c(CC)nn(C)c1CC.I. The number of benzene rings is 1. The number of guanidine groups is 1. The third-order valence-corrected chi connectivity index (χ3v) is 4.48. The second-order valence-electron chi connectivity index (χ2n) is 6.29. The van der Waals surface area contributed by atoms with E-state index in [2.05, 4.69) is 42.6 Å². The third-order valence-electron chi connectivity index (χ3n) is 4.48. The summed E-state index contributed by atoms with van der Waals surface area (Å²) in [6, 6.07) is 8.06. The second kappa shape index (κ2) is 12.6. The molecular formula is C21H34IN5O. The molecule has 0 amide bonds. The van der Waals surface area contributed by atoms with Crippen LogP contribution in [0.3, 0.4) is 0 Å². The number of ether oxygens (including phenoxy) is 1. The Bertz CT molecular complexity index is 757. The molecule has 0 fully saturated rings. The first-order chi connectivity index (χ1) is 13.1. The van der Waals surface area contributed by atoms with Crippen LogP contribution in [-0.2, 0) is 33.0 Å². The summed E-state index contributed by atoms with van der Waals surface area (Å²) in [5.41, 5.74) is 4.79. The molecule has 0 atom stereocenters. The molecule has 0 bridgehead atoms. The maximum atomic E-state index is 5.70. The predicted octanol–water partition coefficient (Wildman–Crippen LogP) is 3.82. The molecule has 0 aliphatic carbocycles. The van der Waals surface area contributed by atoms with Gasteiger partial charge in [0, 0.05) is 37.0 Å². The molecule has 0 spiro atoms. The average Bonchev–Trinajstić information content (AvgIpc) is 2.99. The fourth-order valence-electron chi connectivity index (χ4n) is 3.20. The molecule has 28 heavy (non-hydrogen) atoms. The highest BCUT2D eigenvalue weighted by Gasteiger charge is 2.14. The van der Waals surface area contributed by atoms with Gasteiger partial charge in [0.25, 0.3) is 0 Å². The first kappa shape index (κ1) is 24.3. The van der Waals surface area contributed by atoms with Gasteiger partial charge < -0.3 is 15.4 Å². The maximum Gasteiger partial charge on any atom is 0.191 e. The van der Waals surface area contributed by atoms with Crippen molar-refractivity contribution in [2.24, 2.45) is 12.0 Å². The zero-order chi connectivity index (χ0) is 19.6. The molecule has 2 N–H and O–H groups in total. The number of para-hydroxylation sites is 1. The predicted molar refractivity (Wildman–Crippen MR) is 127 cm³/mol. The number of nitrogens with one attached hydrogen (secondary N) is 2. The molecule has 2 rings (SSSR count). The van der Waals surface area contributed by atoms with Crippen molar-refractivity contribution in [1.82, 2.24) is 20.4 Å². The van der Waals surface area contributed by atoms with E-state index < -0.39 is 0 Å². The average molecular weight is 499 g/mol. The van der Waals surface area contributed by atoms with E-state index in [9.17, 15) is 0 Å². The summed E-state index contributed by atoms with van der Waals surface area (Å²) in [5, 5.41) is 11.4. The van der Waals surface area contributed by atoms with Crippen molar-refractivity contribution < 1.29 is 4.74 Å². The number of rotatable bonds is 9. The fraction of sp³-hybridized carbons (Fsp3) is 0.524. The van der Waals surface area contributed by atoms with Crippen molar-refractivity contribution in [2.45, 2.75) is 53.6 Å². The van der Waals surface area contributed by atoms with E-state index in [0.717, 1.165) is 48.9 Å². The van der Waals surface area contributed by atoms with Crippen LogP contribution in [0.25, 0.3) is 0 Å². The van der Waals surface area contributed by atoms with E-state index in [1.54, 1.807) is 0 Å². The number of hydrogen-bond donors (Lipinski definition) is 2. The quantitative estimate of drug-likeness (QED) is 0.313. The Morgan fingerprint density at radius 1 is 1.11 bits per heavy atom. The number of aromatic nitrogens is 2. The number of hydrogen-bond acceptors (Lipinski definition) is 3. The van der Waals surface area contributed by atoms with Crippen LogP contribution in [0, 0.1) is 0 Å². The van der Waals surface area contributed by atoms with Crippen LogP contribution in [0.5, 0.6) is 5.75 Å². The molecule has 2 aromatic rings. The van der Waals surface area contributed by atoms with Gasteiger partial charge in [-0.05, 0) is 32.8 Å². The summed E-state index contributed by atoms with van der Waals surface area (Å²) in [7, 11) is 2.02. The molecule has 1 aromatic heterocycles. The molecule has 0 unspecified atom stereocenters. The molecule has 7 heteroatoms. The van der Waals surface area contributed by atoms with Gasteiger partial charge in [-0.25, -0.2) is 4.99 Å². The van der Waals surface area contributed by atoms with E-state index in [1.165, 1.54) is 11.3 Å². The van der Waals surface area contributed by atoms with E-state index in [1.807, 2.05) is 36.9 Å². The van der Waals surface area contributed by atoms with Crippen molar-refractivity contribution in [3.8, 4) is 5.75 Å². The fourth-order valence-corrected chi connectivity index (χ4v) is 3.20. The standard InChI is InChI=1S/C21H33N5O.HI/c1-6-18-17(19(7-2)26(5)25-18)15-24-21(22-8-3)23-14-16-12-10-11-13-20(16)27-9-4;/h10-13H,6-9,14-15H2,1-5H3,(H2,22,23,24);1H. The minimum Gasteiger partial charge on any atom is -0.494 e. The molecule has 0 radical (unpaired) electrons. The highest BCUT2D eigenvalue weighted by Crippen LogP contribution is 2.19. The molecule has 6 nitrogen and oxygen atoms in total. The molecule has 1 heterocycles. The van der Waals surface area contributed by atoms with Crippen LogP contribution in [0.15, 0.2) is 29.3 Å². The van der Waals surface area contributed by atoms with E-state index >= 15 is 0 Å². The topological polar surface area (TPSA) is 63.5 Å². The van der Waals surface area contributed by atoms with Crippen molar-refractivity contribution in [2.75, 3.05) is 13.2 Å². The summed E-state index contributed by atoms with van der Waals surface area (Å²) in [4.78, 5) is 4.75. The van der Waals surface area contributed by atoms with Gasteiger partial charge in [0.2, 0.25) is 0 Å². The highest BCUT2D eigenvalue weighted by molar-refractivity contribution is 14.0. The Morgan fingerprint density at radius 3 is 2.50 bits per heavy atom. The molecule has 0 aliphatic rings.